The molecule has 0 radical (unpaired) electrons. The van der Waals surface area contributed by atoms with E-state index in [-0.39, 0.29) is 17.8 Å². The fraction of sp³-hybridized carbons (Fsp3) is 0.381. The van der Waals surface area contributed by atoms with Gasteiger partial charge in [0.25, 0.3) is 0 Å². The lowest BCUT2D eigenvalue weighted by Gasteiger charge is -2.42. The summed E-state index contributed by atoms with van der Waals surface area (Å²) in [6.07, 6.45) is 2.25. The van der Waals surface area contributed by atoms with Crippen molar-refractivity contribution in [2.75, 3.05) is 18.5 Å². The minimum absolute atomic E-state index is 0.0944. The lowest BCUT2D eigenvalue weighted by atomic mass is 9.96. The minimum atomic E-state index is -0.272. The Morgan fingerprint density at radius 2 is 1.84 bits per heavy atom. The van der Waals surface area contributed by atoms with Crippen LogP contribution in [-0.4, -0.2) is 36.5 Å². The van der Waals surface area contributed by atoms with E-state index in [1.165, 1.54) is 17.8 Å². The van der Waals surface area contributed by atoms with Crippen LogP contribution in [-0.2, 0) is 11.2 Å². The molecule has 0 spiro atoms. The second-order valence-electron chi connectivity index (χ2n) is 6.86. The molecule has 2 unspecified atom stereocenters. The first kappa shape index (κ1) is 17.5. The van der Waals surface area contributed by atoms with Gasteiger partial charge in [0, 0.05) is 31.4 Å². The second kappa shape index (κ2) is 7.68. The van der Waals surface area contributed by atoms with E-state index in [0.717, 1.165) is 24.9 Å². The molecule has 2 atom stereocenters. The number of halogens is 1. The van der Waals surface area contributed by atoms with Gasteiger partial charge in [-0.25, -0.2) is 4.39 Å². The molecule has 0 N–H and O–H groups in total. The topological polar surface area (TPSA) is 23.6 Å². The van der Waals surface area contributed by atoms with E-state index in [9.17, 15) is 9.18 Å². The highest BCUT2D eigenvalue weighted by Gasteiger charge is 2.29. The Hall–Kier alpha value is -2.36. The summed E-state index contributed by atoms with van der Waals surface area (Å²) in [7, 11) is 1.89. The quantitative estimate of drug-likeness (QED) is 0.843. The number of carbonyl (C=O) groups excluding carboxylic acids is 1. The molecule has 1 saturated heterocycles. The highest BCUT2D eigenvalue weighted by molar-refractivity contribution is 5.78. The zero-order chi connectivity index (χ0) is 17.8. The Morgan fingerprint density at radius 1 is 1.16 bits per heavy atom. The third-order valence-electron chi connectivity index (χ3n) is 5.15. The number of hydrogen-bond donors (Lipinski definition) is 0. The van der Waals surface area contributed by atoms with Gasteiger partial charge in [-0.2, -0.15) is 0 Å². The number of benzene rings is 2. The average molecular weight is 340 g/mol. The number of rotatable bonds is 4. The van der Waals surface area contributed by atoms with Crippen LogP contribution in [0.25, 0.3) is 0 Å². The smallest absolute Gasteiger partial charge is 0.226 e. The van der Waals surface area contributed by atoms with Crippen molar-refractivity contribution < 1.29 is 9.18 Å². The molecular formula is C21H25FN2O. The summed E-state index contributed by atoms with van der Waals surface area (Å²) in [5.74, 6) is -0.177. The summed E-state index contributed by atoms with van der Waals surface area (Å²) in [6, 6.07) is 17.3. The minimum Gasteiger partial charge on any atom is -0.369 e. The predicted molar refractivity (Wildman–Crippen MR) is 99.1 cm³/mol. The van der Waals surface area contributed by atoms with Crippen LogP contribution in [0.4, 0.5) is 10.1 Å². The average Bonchev–Trinajstić information content (AvgIpc) is 2.63. The van der Waals surface area contributed by atoms with Crippen molar-refractivity contribution >= 4 is 11.6 Å². The summed E-state index contributed by atoms with van der Waals surface area (Å²) < 4.78 is 13.0. The van der Waals surface area contributed by atoms with Crippen molar-refractivity contribution in [1.82, 2.24) is 4.90 Å². The number of likely N-dealkylation sites (N-methyl/N-ethyl adjacent to an activating group) is 1. The molecule has 1 aliphatic rings. The van der Waals surface area contributed by atoms with Gasteiger partial charge in [0.1, 0.15) is 5.82 Å². The molecular weight excluding hydrogens is 315 g/mol. The number of hydrogen-bond acceptors (Lipinski definition) is 2. The zero-order valence-corrected chi connectivity index (χ0v) is 14.9. The molecule has 3 rings (SSSR count). The Labute approximate surface area is 149 Å². The van der Waals surface area contributed by atoms with Gasteiger partial charge < -0.3 is 9.80 Å². The molecule has 25 heavy (non-hydrogen) atoms. The maximum Gasteiger partial charge on any atom is 0.226 e. The van der Waals surface area contributed by atoms with Crippen LogP contribution < -0.4 is 4.90 Å². The number of nitrogens with zero attached hydrogens (tertiary/aromatic N) is 2. The van der Waals surface area contributed by atoms with Crippen LogP contribution in [0.15, 0.2) is 54.6 Å². The highest BCUT2D eigenvalue weighted by Crippen LogP contribution is 2.26. The Balaban J connectivity index is 1.59. The molecule has 1 aliphatic heterocycles. The van der Waals surface area contributed by atoms with E-state index >= 15 is 0 Å². The first-order valence-electron chi connectivity index (χ1n) is 8.86. The highest BCUT2D eigenvalue weighted by atomic mass is 19.1. The summed E-state index contributed by atoms with van der Waals surface area (Å²) in [5, 5.41) is 0. The van der Waals surface area contributed by atoms with Gasteiger partial charge in [0.2, 0.25) is 5.91 Å². The van der Waals surface area contributed by atoms with Crippen LogP contribution in [0.2, 0.25) is 0 Å². The van der Waals surface area contributed by atoms with E-state index < -0.39 is 0 Å². The van der Waals surface area contributed by atoms with Crippen molar-refractivity contribution in [3.63, 3.8) is 0 Å². The van der Waals surface area contributed by atoms with Gasteiger partial charge in [0.05, 0.1) is 6.42 Å². The summed E-state index contributed by atoms with van der Waals surface area (Å²) in [4.78, 5) is 16.9. The number of para-hydroxylation sites is 1. The molecule has 1 amide bonds. The standard InChI is InChI=1S/C21H25FN2O/c1-16-14-20(12-13-24(16)19-6-4-3-5-7-19)23(2)21(25)15-17-8-10-18(22)11-9-17/h3-11,16,20H,12-15H2,1-2H3. The van der Waals surface area contributed by atoms with Crippen LogP contribution in [0.5, 0.6) is 0 Å². The SMILES string of the molecule is CC1CC(N(C)C(=O)Cc2ccc(F)cc2)CCN1c1ccccc1. The van der Waals surface area contributed by atoms with Gasteiger partial charge in [-0.1, -0.05) is 30.3 Å². The number of carbonyl (C=O) groups is 1. The predicted octanol–water partition coefficient (Wildman–Crippen LogP) is 3.88. The largest absolute Gasteiger partial charge is 0.369 e. The van der Waals surface area contributed by atoms with Crippen LogP contribution in [0.3, 0.4) is 0 Å². The molecule has 0 saturated carbocycles. The van der Waals surface area contributed by atoms with Gasteiger partial charge in [-0.05, 0) is 49.6 Å². The fourth-order valence-corrected chi connectivity index (χ4v) is 3.61. The van der Waals surface area contributed by atoms with Crippen LogP contribution in [0, 0.1) is 5.82 Å². The van der Waals surface area contributed by atoms with Crippen molar-refractivity contribution in [1.29, 1.82) is 0 Å². The first-order chi connectivity index (χ1) is 12.0. The monoisotopic (exact) mass is 340 g/mol. The zero-order valence-electron chi connectivity index (χ0n) is 14.9. The summed E-state index contributed by atoms with van der Waals surface area (Å²) in [5.41, 5.74) is 2.10. The van der Waals surface area contributed by atoms with E-state index in [2.05, 4.69) is 36.1 Å². The number of amides is 1. The van der Waals surface area contributed by atoms with Crippen molar-refractivity contribution in [3.8, 4) is 0 Å². The Morgan fingerprint density at radius 3 is 2.48 bits per heavy atom. The normalized spacial score (nSPS) is 20.4. The first-order valence-corrected chi connectivity index (χ1v) is 8.86. The van der Waals surface area contributed by atoms with Crippen molar-refractivity contribution in [3.05, 3.63) is 66.0 Å². The van der Waals surface area contributed by atoms with E-state index in [0.29, 0.717) is 12.5 Å². The Bertz CT molecular complexity index is 702. The van der Waals surface area contributed by atoms with Crippen LogP contribution >= 0.6 is 0 Å². The maximum absolute atomic E-state index is 13.0. The van der Waals surface area contributed by atoms with Crippen LogP contribution in [0.1, 0.15) is 25.3 Å². The molecule has 132 valence electrons. The molecule has 2 aromatic rings. The van der Waals surface area contributed by atoms with Gasteiger partial charge in [-0.3, -0.25) is 4.79 Å². The fourth-order valence-electron chi connectivity index (χ4n) is 3.61. The molecule has 1 fully saturated rings. The number of piperidine rings is 1. The van der Waals surface area contributed by atoms with E-state index in [4.69, 9.17) is 0 Å². The number of anilines is 1. The van der Waals surface area contributed by atoms with E-state index in [1.54, 1.807) is 12.1 Å². The summed E-state index contributed by atoms with van der Waals surface area (Å²) in [6.45, 7) is 3.17. The molecule has 3 nitrogen and oxygen atoms in total. The molecule has 1 heterocycles. The second-order valence-corrected chi connectivity index (χ2v) is 6.86. The third kappa shape index (κ3) is 4.19. The molecule has 2 aromatic carbocycles. The molecule has 0 aromatic heterocycles. The van der Waals surface area contributed by atoms with E-state index in [1.807, 2.05) is 18.0 Å². The lowest BCUT2D eigenvalue weighted by Crippen LogP contribution is -2.49. The lowest BCUT2D eigenvalue weighted by molar-refractivity contribution is -0.131. The maximum atomic E-state index is 13.0. The van der Waals surface area contributed by atoms with Gasteiger partial charge in [0.15, 0.2) is 0 Å². The Kier molecular flexibility index (Phi) is 5.37. The molecule has 0 aliphatic carbocycles. The third-order valence-corrected chi connectivity index (χ3v) is 5.15. The molecule has 4 heteroatoms. The molecule has 0 bridgehead atoms. The van der Waals surface area contributed by atoms with Gasteiger partial charge in [-0.15, -0.1) is 0 Å². The van der Waals surface area contributed by atoms with Crippen molar-refractivity contribution in [2.24, 2.45) is 0 Å². The van der Waals surface area contributed by atoms with Gasteiger partial charge >= 0.3 is 0 Å². The van der Waals surface area contributed by atoms with Crippen molar-refractivity contribution in [2.45, 2.75) is 38.3 Å². The summed E-state index contributed by atoms with van der Waals surface area (Å²) >= 11 is 0.